The molecule has 2 aromatic carbocycles. The molecule has 0 radical (unpaired) electrons. The van der Waals surface area contributed by atoms with Gasteiger partial charge in [-0.3, -0.25) is 0 Å². The van der Waals surface area contributed by atoms with Crippen molar-refractivity contribution in [1.29, 1.82) is 0 Å². The van der Waals surface area contributed by atoms with E-state index in [4.69, 9.17) is 0 Å². The van der Waals surface area contributed by atoms with Crippen LogP contribution in [-0.2, 0) is 23.0 Å². The maximum Gasteiger partial charge on any atom is 1.00 e. The van der Waals surface area contributed by atoms with Gasteiger partial charge in [0.15, 0.2) is 0 Å². The van der Waals surface area contributed by atoms with Crippen LogP contribution in [0.5, 0.6) is 0 Å². The SMILES string of the molecule is CCCCCCCCCc1cc(CCCCCCCCC)c2ccc(S(=O)(=O)[O-])cc2c1.[Na+]. The predicted molar refractivity (Wildman–Crippen MR) is 135 cm³/mol. The van der Waals surface area contributed by atoms with Gasteiger partial charge in [-0.05, 0) is 59.7 Å². The summed E-state index contributed by atoms with van der Waals surface area (Å²) in [7, 11) is -4.43. The van der Waals surface area contributed by atoms with Crippen LogP contribution in [0.15, 0.2) is 35.2 Å². The summed E-state index contributed by atoms with van der Waals surface area (Å²) in [6.45, 7) is 4.49. The Kier molecular flexibility index (Phi) is 15.9. The third-order valence-electron chi connectivity index (χ3n) is 6.48. The summed E-state index contributed by atoms with van der Waals surface area (Å²) in [6.07, 6.45) is 19.9. The van der Waals surface area contributed by atoms with Gasteiger partial charge in [0.05, 0.1) is 4.90 Å². The Balaban J connectivity index is 0.00000544. The van der Waals surface area contributed by atoms with Crippen molar-refractivity contribution in [2.75, 3.05) is 0 Å². The average Bonchev–Trinajstić information content (AvgIpc) is 2.76. The molecule has 0 aliphatic rings. The molecule has 0 unspecified atom stereocenters. The molecule has 33 heavy (non-hydrogen) atoms. The van der Waals surface area contributed by atoms with Crippen molar-refractivity contribution in [2.24, 2.45) is 0 Å². The largest absolute Gasteiger partial charge is 1.00 e. The minimum absolute atomic E-state index is 0. The molecule has 0 bridgehead atoms. The Bertz CT molecular complexity index is 909. The molecular formula is C28H43NaO3S. The Labute approximate surface area is 225 Å². The summed E-state index contributed by atoms with van der Waals surface area (Å²) < 4.78 is 34.6. The minimum Gasteiger partial charge on any atom is -0.744 e. The van der Waals surface area contributed by atoms with Crippen LogP contribution >= 0.6 is 0 Å². The van der Waals surface area contributed by atoms with Crippen LogP contribution in [0.2, 0.25) is 0 Å². The number of benzene rings is 2. The van der Waals surface area contributed by atoms with Gasteiger partial charge in [0.2, 0.25) is 0 Å². The summed E-state index contributed by atoms with van der Waals surface area (Å²) in [4.78, 5) is -0.125. The van der Waals surface area contributed by atoms with E-state index in [2.05, 4.69) is 26.0 Å². The van der Waals surface area contributed by atoms with E-state index in [9.17, 15) is 13.0 Å². The van der Waals surface area contributed by atoms with Crippen molar-refractivity contribution >= 4 is 20.9 Å². The zero-order chi connectivity index (χ0) is 23.2. The van der Waals surface area contributed by atoms with Gasteiger partial charge in [-0.1, -0.05) is 109 Å². The molecule has 0 aromatic heterocycles. The quantitative estimate of drug-likeness (QED) is 0.174. The first-order valence-electron chi connectivity index (χ1n) is 13.0. The van der Waals surface area contributed by atoms with E-state index in [1.807, 2.05) is 6.07 Å². The summed E-state index contributed by atoms with van der Waals surface area (Å²) in [5.74, 6) is 0. The number of hydrogen-bond acceptors (Lipinski definition) is 3. The van der Waals surface area contributed by atoms with Crippen LogP contribution in [0.25, 0.3) is 10.8 Å². The molecule has 0 amide bonds. The van der Waals surface area contributed by atoms with Crippen molar-refractivity contribution in [3.8, 4) is 0 Å². The molecule has 2 rings (SSSR count). The number of unbranched alkanes of at least 4 members (excludes halogenated alkanes) is 12. The molecule has 0 saturated carbocycles. The van der Waals surface area contributed by atoms with Gasteiger partial charge in [-0.2, -0.15) is 0 Å². The van der Waals surface area contributed by atoms with Crippen molar-refractivity contribution in [1.82, 2.24) is 0 Å². The molecule has 0 fully saturated rings. The second-order valence-corrected chi connectivity index (χ2v) is 10.7. The average molecular weight is 483 g/mol. The van der Waals surface area contributed by atoms with E-state index in [1.54, 1.807) is 6.07 Å². The number of fused-ring (bicyclic) bond motifs is 1. The number of hydrogen-bond donors (Lipinski definition) is 0. The fraction of sp³-hybridized carbons (Fsp3) is 0.643. The minimum atomic E-state index is -4.43. The predicted octanol–water partition coefficient (Wildman–Crippen LogP) is 5.33. The van der Waals surface area contributed by atoms with Crippen LogP contribution in [0.4, 0.5) is 0 Å². The van der Waals surface area contributed by atoms with Gasteiger partial charge in [0, 0.05) is 0 Å². The smallest absolute Gasteiger partial charge is 0.744 e. The zero-order valence-electron chi connectivity index (χ0n) is 21.3. The first-order chi connectivity index (χ1) is 15.5. The van der Waals surface area contributed by atoms with Crippen LogP contribution in [0, 0.1) is 0 Å². The molecule has 0 heterocycles. The second-order valence-electron chi connectivity index (χ2n) is 9.33. The van der Waals surface area contributed by atoms with Crippen LogP contribution < -0.4 is 29.6 Å². The monoisotopic (exact) mass is 482 g/mol. The molecule has 0 atom stereocenters. The zero-order valence-corrected chi connectivity index (χ0v) is 24.1. The molecular weight excluding hydrogens is 439 g/mol. The summed E-state index contributed by atoms with van der Waals surface area (Å²) in [5.41, 5.74) is 2.56. The van der Waals surface area contributed by atoms with Crippen molar-refractivity contribution < 1.29 is 42.5 Å². The molecule has 0 N–H and O–H groups in total. The number of rotatable bonds is 17. The molecule has 180 valence electrons. The maximum absolute atomic E-state index is 11.5. The van der Waals surface area contributed by atoms with E-state index in [0.29, 0.717) is 0 Å². The summed E-state index contributed by atoms with van der Waals surface area (Å²) >= 11 is 0. The summed E-state index contributed by atoms with van der Waals surface area (Å²) in [6, 6.07) is 9.28. The van der Waals surface area contributed by atoms with Gasteiger partial charge in [0.1, 0.15) is 10.1 Å². The molecule has 0 aliphatic heterocycles. The molecule has 0 aliphatic carbocycles. The Morgan fingerprint density at radius 1 is 0.667 bits per heavy atom. The van der Waals surface area contributed by atoms with Crippen LogP contribution in [-0.4, -0.2) is 13.0 Å². The summed E-state index contributed by atoms with van der Waals surface area (Å²) in [5, 5.41) is 1.98. The maximum atomic E-state index is 11.5. The third-order valence-corrected chi connectivity index (χ3v) is 7.31. The van der Waals surface area contributed by atoms with E-state index >= 15 is 0 Å². The Hall–Kier alpha value is -0.390. The molecule has 0 saturated heterocycles. The topological polar surface area (TPSA) is 57.2 Å². The van der Waals surface area contributed by atoms with E-state index in [1.165, 1.54) is 94.2 Å². The molecule has 2 aromatic rings. The van der Waals surface area contributed by atoms with Gasteiger partial charge in [-0.25, -0.2) is 8.42 Å². The molecule has 3 nitrogen and oxygen atoms in total. The Morgan fingerprint density at radius 3 is 1.73 bits per heavy atom. The van der Waals surface area contributed by atoms with Gasteiger partial charge < -0.3 is 4.55 Å². The van der Waals surface area contributed by atoms with E-state index in [0.717, 1.165) is 36.5 Å². The van der Waals surface area contributed by atoms with E-state index < -0.39 is 10.1 Å². The van der Waals surface area contributed by atoms with Gasteiger partial charge in [0.25, 0.3) is 0 Å². The van der Waals surface area contributed by atoms with Crippen LogP contribution in [0.1, 0.15) is 115 Å². The van der Waals surface area contributed by atoms with Crippen molar-refractivity contribution in [2.45, 2.75) is 121 Å². The fourth-order valence-electron chi connectivity index (χ4n) is 4.56. The van der Waals surface area contributed by atoms with Gasteiger partial charge in [-0.15, -0.1) is 0 Å². The van der Waals surface area contributed by atoms with Crippen LogP contribution in [0.3, 0.4) is 0 Å². The molecule has 0 spiro atoms. The normalized spacial score (nSPS) is 11.6. The van der Waals surface area contributed by atoms with Gasteiger partial charge >= 0.3 is 29.6 Å². The number of aryl methyl sites for hydroxylation is 2. The van der Waals surface area contributed by atoms with Crippen molar-refractivity contribution in [3.05, 3.63) is 41.5 Å². The first-order valence-corrected chi connectivity index (χ1v) is 14.4. The second kappa shape index (κ2) is 17.1. The van der Waals surface area contributed by atoms with Crippen molar-refractivity contribution in [3.63, 3.8) is 0 Å². The molecule has 5 heteroatoms. The standard InChI is InChI=1S/C28H44O3S.Na/c1-3-5-7-9-11-13-15-17-24-21-25(18-16-14-12-10-8-6-4-2)28-20-19-27(32(29,30)31)23-26(28)22-24;/h19-23H,3-18H2,1-2H3,(H,29,30,31);/q;+1/p-1. The Morgan fingerprint density at radius 2 is 1.18 bits per heavy atom. The first kappa shape index (κ1) is 30.6. The fourth-order valence-corrected chi connectivity index (χ4v) is 5.07. The third kappa shape index (κ3) is 11.7. The van der Waals surface area contributed by atoms with E-state index in [-0.39, 0.29) is 34.5 Å².